The highest BCUT2D eigenvalue weighted by atomic mass is 16.5. The van der Waals surface area contributed by atoms with Crippen molar-refractivity contribution in [2.75, 3.05) is 19.7 Å². The monoisotopic (exact) mass is 384 g/mol. The van der Waals surface area contributed by atoms with Gasteiger partial charge in [0, 0.05) is 24.2 Å². The maximum atomic E-state index is 12.3. The molecular weight excluding hydrogens is 360 g/mol. The maximum Gasteiger partial charge on any atom is 0.341 e. The zero-order valence-corrected chi connectivity index (χ0v) is 16.2. The molecule has 0 bridgehead atoms. The van der Waals surface area contributed by atoms with Crippen LogP contribution in [-0.2, 0) is 4.79 Å². The van der Waals surface area contributed by atoms with Crippen molar-refractivity contribution in [1.29, 1.82) is 0 Å². The molecule has 0 spiro atoms. The van der Waals surface area contributed by atoms with Crippen LogP contribution in [-0.4, -0.2) is 42.6 Å². The van der Waals surface area contributed by atoms with Crippen molar-refractivity contribution in [3.8, 4) is 5.75 Å². The standard InChI is InChI=1S/C21H24N2O5/c1-13-5-4-6-16(9-13)20(26)22-7-8-23-21(27)17-10-14(2)19(15(3)11-17)28-12-18(24)25/h4-6,9-11H,7-8,12H2,1-3H3,(H,22,26)(H,23,27)(H,24,25). The summed E-state index contributed by atoms with van der Waals surface area (Å²) in [5, 5.41) is 14.2. The molecular formula is C21H24N2O5. The van der Waals surface area contributed by atoms with Crippen LogP contribution >= 0.6 is 0 Å². The SMILES string of the molecule is Cc1cccc(C(=O)NCCNC(=O)c2cc(C)c(OCC(=O)O)c(C)c2)c1. The zero-order chi connectivity index (χ0) is 20.7. The van der Waals surface area contributed by atoms with E-state index in [0.29, 0.717) is 34.5 Å². The molecule has 0 radical (unpaired) electrons. The first-order valence-corrected chi connectivity index (χ1v) is 8.87. The summed E-state index contributed by atoms with van der Waals surface area (Å²) in [5.41, 5.74) is 3.39. The lowest BCUT2D eigenvalue weighted by atomic mass is 10.1. The van der Waals surface area contributed by atoms with Gasteiger partial charge in [0.05, 0.1) is 0 Å². The number of ether oxygens (including phenoxy) is 1. The molecule has 0 saturated carbocycles. The largest absolute Gasteiger partial charge is 0.481 e. The Balaban J connectivity index is 1.87. The van der Waals surface area contributed by atoms with Gasteiger partial charge in [-0.15, -0.1) is 0 Å². The summed E-state index contributed by atoms with van der Waals surface area (Å²) in [7, 11) is 0. The van der Waals surface area contributed by atoms with Crippen LogP contribution < -0.4 is 15.4 Å². The molecule has 0 heterocycles. The predicted octanol–water partition coefficient (Wildman–Crippen LogP) is 2.24. The van der Waals surface area contributed by atoms with E-state index >= 15 is 0 Å². The Morgan fingerprint density at radius 2 is 1.46 bits per heavy atom. The van der Waals surface area contributed by atoms with Crippen LogP contribution in [0, 0.1) is 20.8 Å². The smallest absolute Gasteiger partial charge is 0.341 e. The van der Waals surface area contributed by atoms with E-state index in [-0.39, 0.29) is 18.4 Å². The third kappa shape index (κ3) is 5.84. The Hall–Kier alpha value is -3.35. The molecule has 7 heteroatoms. The minimum absolute atomic E-state index is 0.190. The van der Waals surface area contributed by atoms with Crippen molar-refractivity contribution >= 4 is 17.8 Å². The Morgan fingerprint density at radius 3 is 2.00 bits per heavy atom. The highest BCUT2D eigenvalue weighted by Gasteiger charge is 2.13. The number of aliphatic carboxylic acids is 1. The highest BCUT2D eigenvalue weighted by molar-refractivity contribution is 5.95. The summed E-state index contributed by atoms with van der Waals surface area (Å²) in [6.07, 6.45) is 0. The lowest BCUT2D eigenvalue weighted by Crippen LogP contribution is -2.34. The second-order valence-corrected chi connectivity index (χ2v) is 6.50. The van der Waals surface area contributed by atoms with Crippen LogP contribution in [0.4, 0.5) is 0 Å². The van der Waals surface area contributed by atoms with Crippen LogP contribution in [0.2, 0.25) is 0 Å². The van der Waals surface area contributed by atoms with Crippen molar-refractivity contribution in [3.05, 3.63) is 64.2 Å². The first kappa shape index (κ1) is 21.0. The van der Waals surface area contributed by atoms with E-state index in [2.05, 4.69) is 10.6 Å². The summed E-state index contributed by atoms with van der Waals surface area (Å²) in [6.45, 7) is 5.57. The average molecular weight is 384 g/mol. The second kappa shape index (κ2) is 9.55. The molecule has 0 unspecified atom stereocenters. The van der Waals surface area contributed by atoms with Gasteiger partial charge in [-0.3, -0.25) is 9.59 Å². The number of benzene rings is 2. The first-order valence-electron chi connectivity index (χ1n) is 8.87. The number of carboxylic acids is 1. The Morgan fingerprint density at radius 1 is 0.893 bits per heavy atom. The quantitative estimate of drug-likeness (QED) is 0.606. The third-order valence-electron chi connectivity index (χ3n) is 4.04. The third-order valence-corrected chi connectivity index (χ3v) is 4.04. The molecule has 0 aromatic heterocycles. The molecule has 0 aliphatic heterocycles. The van der Waals surface area contributed by atoms with Crippen LogP contribution in [0.1, 0.15) is 37.4 Å². The maximum absolute atomic E-state index is 12.3. The van der Waals surface area contributed by atoms with E-state index in [4.69, 9.17) is 9.84 Å². The Kier molecular flexibility index (Phi) is 7.14. The fourth-order valence-corrected chi connectivity index (χ4v) is 2.79. The van der Waals surface area contributed by atoms with Gasteiger partial charge in [-0.25, -0.2) is 4.79 Å². The normalized spacial score (nSPS) is 10.2. The topological polar surface area (TPSA) is 105 Å². The molecule has 3 N–H and O–H groups in total. The number of amides is 2. The predicted molar refractivity (Wildman–Crippen MR) is 105 cm³/mol. The van der Waals surface area contributed by atoms with Gasteiger partial charge in [0.2, 0.25) is 0 Å². The van der Waals surface area contributed by atoms with Crippen molar-refractivity contribution in [2.45, 2.75) is 20.8 Å². The fourth-order valence-electron chi connectivity index (χ4n) is 2.79. The van der Waals surface area contributed by atoms with Crippen molar-refractivity contribution in [3.63, 3.8) is 0 Å². The van der Waals surface area contributed by atoms with E-state index in [1.807, 2.05) is 19.1 Å². The molecule has 28 heavy (non-hydrogen) atoms. The fraction of sp³-hybridized carbons (Fsp3) is 0.286. The molecule has 2 aromatic rings. The number of carbonyl (C=O) groups excluding carboxylic acids is 2. The molecule has 2 aromatic carbocycles. The van der Waals surface area contributed by atoms with Gasteiger partial charge in [-0.2, -0.15) is 0 Å². The minimum Gasteiger partial charge on any atom is -0.481 e. The van der Waals surface area contributed by atoms with Crippen molar-refractivity contribution in [1.82, 2.24) is 10.6 Å². The van der Waals surface area contributed by atoms with Crippen molar-refractivity contribution < 1.29 is 24.2 Å². The lowest BCUT2D eigenvalue weighted by molar-refractivity contribution is -0.139. The van der Waals surface area contributed by atoms with Gasteiger partial charge in [0.15, 0.2) is 6.61 Å². The van der Waals surface area contributed by atoms with Crippen molar-refractivity contribution in [2.24, 2.45) is 0 Å². The Labute approximate surface area is 163 Å². The lowest BCUT2D eigenvalue weighted by Gasteiger charge is -2.13. The van der Waals surface area contributed by atoms with E-state index in [1.54, 1.807) is 38.1 Å². The van der Waals surface area contributed by atoms with E-state index in [0.717, 1.165) is 5.56 Å². The molecule has 148 valence electrons. The van der Waals surface area contributed by atoms with Gasteiger partial charge in [0.1, 0.15) is 5.75 Å². The average Bonchev–Trinajstić information content (AvgIpc) is 2.63. The molecule has 2 amide bonds. The Bertz CT molecular complexity index is 869. The number of aryl methyl sites for hydroxylation is 3. The molecule has 0 fully saturated rings. The molecule has 0 atom stereocenters. The molecule has 7 nitrogen and oxygen atoms in total. The second-order valence-electron chi connectivity index (χ2n) is 6.50. The molecule has 0 saturated heterocycles. The molecule has 2 rings (SSSR count). The van der Waals surface area contributed by atoms with Crippen LogP contribution in [0.15, 0.2) is 36.4 Å². The number of carboxylic acid groups (broad SMARTS) is 1. The number of hydrogen-bond acceptors (Lipinski definition) is 4. The van der Waals surface area contributed by atoms with Gasteiger partial charge < -0.3 is 20.5 Å². The summed E-state index contributed by atoms with van der Waals surface area (Å²) < 4.78 is 5.26. The van der Waals surface area contributed by atoms with Crippen LogP contribution in [0.5, 0.6) is 5.75 Å². The zero-order valence-electron chi connectivity index (χ0n) is 16.2. The minimum atomic E-state index is -1.06. The number of hydrogen-bond donors (Lipinski definition) is 3. The number of carbonyl (C=O) groups is 3. The van der Waals surface area contributed by atoms with Gasteiger partial charge in [0.25, 0.3) is 11.8 Å². The van der Waals surface area contributed by atoms with Gasteiger partial charge in [-0.1, -0.05) is 17.7 Å². The van der Waals surface area contributed by atoms with Gasteiger partial charge in [-0.05, 0) is 56.2 Å². The molecule has 0 aliphatic rings. The number of nitrogens with one attached hydrogen (secondary N) is 2. The molecule has 0 aliphatic carbocycles. The highest BCUT2D eigenvalue weighted by Crippen LogP contribution is 2.24. The van der Waals surface area contributed by atoms with Crippen LogP contribution in [0.3, 0.4) is 0 Å². The first-order chi connectivity index (χ1) is 13.3. The van der Waals surface area contributed by atoms with Crippen LogP contribution in [0.25, 0.3) is 0 Å². The summed E-state index contributed by atoms with van der Waals surface area (Å²) in [4.78, 5) is 35.0. The summed E-state index contributed by atoms with van der Waals surface area (Å²) >= 11 is 0. The van der Waals surface area contributed by atoms with E-state index in [1.165, 1.54) is 0 Å². The summed E-state index contributed by atoms with van der Waals surface area (Å²) in [5.74, 6) is -1.07. The summed E-state index contributed by atoms with van der Waals surface area (Å²) in [6, 6.07) is 10.6. The number of rotatable bonds is 8. The van der Waals surface area contributed by atoms with E-state index < -0.39 is 12.6 Å². The van der Waals surface area contributed by atoms with E-state index in [9.17, 15) is 14.4 Å². The van der Waals surface area contributed by atoms with Gasteiger partial charge >= 0.3 is 5.97 Å².